The van der Waals surface area contributed by atoms with E-state index in [-0.39, 0.29) is 11.3 Å². The number of hydrogen-bond donors (Lipinski definition) is 3. The Balaban J connectivity index is 2.28. The Morgan fingerprint density at radius 2 is 1.67 bits per heavy atom. The highest BCUT2D eigenvalue weighted by atomic mass is 19.1. The Bertz CT molecular complexity index is 510. The molecule has 3 nitrogen and oxygen atoms in total. The monoisotopic (exact) mass is 247 g/mol. The summed E-state index contributed by atoms with van der Waals surface area (Å²) in [4.78, 5) is 0. The Morgan fingerprint density at radius 3 is 2.28 bits per heavy atom. The molecule has 2 aromatic carbocycles. The van der Waals surface area contributed by atoms with Gasteiger partial charge in [0.2, 0.25) is 0 Å². The number of halogens is 1. The van der Waals surface area contributed by atoms with Gasteiger partial charge in [0, 0.05) is 6.07 Å². The molecule has 0 aliphatic heterocycles. The molecule has 2 aromatic rings. The Hall–Kier alpha value is -1.91. The van der Waals surface area contributed by atoms with Crippen LogP contribution >= 0.6 is 0 Å². The summed E-state index contributed by atoms with van der Waals surface area (Å²) in [6.07, 6.45) is -1.08. The molecule has 2 atom stereocenters. The van der Waals surface area contributed by atoms with Gasteiger partial charge in [-0.05, 0) is 23.3 Å². The van der Waals surface area contributed by atoms with Gasteiger partial charge in [-0.2, -0.15) is 0 Å². The van der Waals surface area contributed by atoms with Crippen LogP contribution in [-0.2, 0) is 0 Å². The van der Waals surface area contributed by atoms with Crippen molar-refractivity contribution >= 4 is 0 Å². The minimum atomic E-state index is -1.08. The van der Waals surface area contributed by atoms with E-state index in [9.17, 15) is 14.6 Å². The van der Waals surface area contributed by atoms with Crippen molar-refractivity contribution in [1.29, 1.82) is 0 Å². The predicted octanol–water partition coefficient (Wildman–Crippen LogP) is 2.26. The second kappa shape index (κ2) is 5.16. The van der Waals surface area contributed by atoms with E-state index in [1.54, 1.807) is 12.1 Å². The summed E-state index contributed by atoms with van der Waals surface area (Å²) in [6, 6.07) is 11.8. The zero-order valence-electron chi connectivity index (χ0n) is 9.62. The molecule has 0 heterocycles. The van der Waals surface area contributed by atoms with Crippen molar-refractivity contribution in [3.63, 3.8) is 0 Å². The van der Waals surface area contributed by atoms with Crippen LogP contribution in [0.1, 0.15) is 23.3 Å². The molecular formula is C14H14FNO2. The molecule has 0 saturated carbocycles. The van der Waals surface area contributed by atoms with Crippen LogP contribution in [0.15, 0.2) is 48.5 Å². The van der Waals surface area contributed by atoms with Crippen molar-refractivity contribution in [2.24, 2.45) is 5.73 Å². The smallest absolute Gasteiger partial charge is 0.127 e. The summed E-state index contributed by atoms with van der Waals surface area (Å²) >= 11 is 0. The number of aliphatic hydroxyl groups excluding tert-OH is 1. The van der Waals surface area contributed by atoms with Gasteiger partial charge in [0.05, 0.1) is 12.1 Å². The van der Waals surface area contributed by atoms with Crippen molar-refractivity contribution < 1.29 is 14.6 Å². The molecule has 0 aliphatic rings. The summed E-state index contributed by atoms with van der Waals surface area (Å²) in [5, 5.41) is 19.4. The maximum Gasteiger partial charge on any atom is 0.127 e. The van der Waals surface area contributed by atoms with Crippen molar-refractivity contribution in [2.45, 2.75) is 12.1 Å². The van der Waals surface area contributed by atoms with Crippen molar-refractivity contribution in [1.82, 2.24) is 0 Å². The van der Waals surface area contributed by atoms with Crippen LogP contribution in [0, 0.1) is 5.82 Å². The van der Waals surface area contributed by atoms with Gasteiger partial charge in [0.1, 0.15) is 11.6 Å². The van der Waals surface area contributed by atoms with Gasteiger partial charge in [-0.15, -0.1) is 0 Å². The fourth-order valence-electron chi connectivity index (χ4n) is 1.83. The minimum absolute atomic E-state index is 0.232. The summed E-state index contributed by atoms with van der Waals surface area (Å²) < 4.78 is 13.1. The van der Waals surface area contributed by atoms with Crippen LogP contribution in [0.4, 0.5) is 4.39 Å². The third-order valence-electron chi connectivity index (χ3n) is 2.77. The predicted molar refractivity (Wildman–Crippen MR) is 66.4 cm³/mol. The number of aromatic hydroxyl groups is 1. The van der Waals surface area contributed by atoms with Crippen molar-refractivity contribution in [3.05, 3.63) is 65.5 Å². The number of hydrogen-bond acceptors (Lipinski definition) is 3. The highest BCUT2D eigenvalue weighted by molar-refractivity contribution is 5.32. The Morgan fingerprint density at radius 1 is 1.00 bits per heavy atom. The molecule has 2 rings (SSSR count). The first-order chi connectivity index (χ1) is 8.58. The van der Waals surface area contributed by atoms with Crippen LogP contribution < -0.4 is 5.73 Å². The third kappa shape index (κ3) is 2.67. The molecule has 18 heavy (non-hydrogen) atoms. The lowest BCUT2D eigenvalue weighted by atomic mass is 9.96. The number of rotatable bonds is 3. The standard InChI is InChI=1S/C14H14FNO2/c15-11-6-10(7-12(17)8-11)14(18)13(16)9-4-2-1-3-5-9/h1-8,13-14,17-18H,16H2. The van der Waals surface area contributed by atoms with Gasteiger partial charge < -0.3 is 15.9 Å². The van der Waals surface area contributed by atoms with Gasteiger partial charge >= 0.3 is 0 Å². The first-order valence-electron chi connectivity index (χ1n) is 5.56. The molecule has 94 valence electrons. The number of aliphatic hydroxyl groups is 1. The molecule has 0 saturated heterocycles. The molecule has 0 radical (unpaired) electrons. The first-order valence-corrected chi connectivity index (χ1v) is 5.56. The molecule has 0 spiro atoms. The summed E-state index contributed by atoms with van der Waals surface area (Å²) in [6.45, 7) is 0. The lowest BCUT2D eigenvalue weighted by Gasteiger charge is -2.19. The first kappa shape index (κ1) is 12.5. The lowest BCUT2D eigenvalue weighted by molar-refractivity contribution is 0.146. The average Bonchev–Trinajstić information content (AvgIpc) is 2.37. The number of benzene rings is 2. The highest BCUT2D eigenvalue weighted by Crippen LogP contribution is 2.29. The zero-order chi connectivity index (χ0) is 13.1. The molecule has 0 aliphatic carbocycles. The van der Waals surface area contributed by atoms with E-state index >= 15 is 0 Å². The fourth-order valence-corrected chi connectivity index (χ4v) is 1.83. The van der Waals surface area contributed by atoms with E-state index in [0.717, 1.165) is 17.7 Å². The Kier molecular flexibility index (Phi) is 3.60. The van der Waals surface area contributed by atoms with E-state index < -0.39 is 18.0 Å². The van der Waals surface area contributed by atoms with Gasteiger partial charge in [0.25, 0.3) is 0 Å². The summed E-state index contributed by atoms with van der Waals surface area (Å²) in [7, 11) is 0. The molecule has 2 unspecified atom stereocenters. The molecule has 0 aromatic heterocycles. The van der Waals surface area contributed by atoms with Crippen LogP contribution in [-0.4, -0.2) is 10.2 Å². The molecule has 4 heteroatoms. The largest absolute Gasteiger partial charge is 0.508 e. The second-order valence-electron chi connectivity index (χ2n) is 4.12. The molecule has 0 bridgehead atoms. The minimum Gasteiger partial charge on any atom is -0.508 e. The van der Waals surface area contributed by atoms with Gasteiger partial charge in [0.15, 0.2) is 0 Å². The van der Waals surface area contributed by atoms with Gasteiger partial charge in [-0.25, -0.2) is 4.39 Å². The molecule has 0 amide bonds. The SMILES string of the molecule is NC(c1ccccc1)C(O)c1cc(O)cc(F)c1. The number of phenols is 1. The quantitative estimate of drug-likeness (QED) is 0.779. The van der Waals surface area contributed by atoms with E-state index in [1.807, 2.05) is 18.2 Å². The van der Waals surface area contributed by atoms with Crippen LogP contribution in [0.3, 0.4) is 0 Å². The summed E-state index contributed by atoms with van der Waals surface area (Å²) in [5.74, 6) is -0.839. The number of nitrogens with two attached hydrogens (primary N) is 1. The third-order valence-corrected chi connectivity index (χ3v) is 2.77. The maximum atomic E-state index is 13.1. The second-order valence-corrected chi connectivity index (χ2v) is 4.12. The van der Waals surface area contributed by atoms with E-state index in [2.05, 4.69) is 0 Å². The highest BCUT2D eigenvalue weighted by Gasteiger charge is 2.19. The maximum absolute atomic E-state index is 13.1. The van der Waals surface area contributed by atoms with Crippen molar-refractivity contribution in [2.75, 3.05) is 0 Å². The Labute approximate surface area is 104 Å². The summed E-state index contributed by atoms with van der Waals surface area (Å²) in [5.41, 5.74) is 6.91. The van der Waals surface area contributed by atoms with Gasteiger partial charge in [-0.3, -0.25) is 0 Å². The topological polar surface area (TPSA) is 66.5 Å². The normalized spacial score (nSPS) is 14.2. The molecule has 0 fully saturated rings. The van der Waals surface area contributed by atoms with Crippen LogP contribution in [0.25, 0.3) is 0 Å². The molecule has 4 N–H and O–H groups in total. The molecular weight excluding hydrogens is 233 g/mol. The zero-order valence-corrected chi connectivity index (χ0v) is 9.62. The van der Waals surface area contributed by atoms with E-state index in [0.29, 0.717) is 0 Å². The van der Waals surface area contributed by atoms with Crippen LogP contribution in [0.5, 0.6) is 5.75 Å². The average molecular weight is 247 g/mol. The van der Waals surface area contributed by atoms with E-state index in [1.165, 1.54) is 6.07 Å². The van der Waals surface area contributed by atoms with E-state index in [4.69, 9.17) is 5.73 Å². The van der Waals surface area contributed by atoms with Crippen LogP contribution in [0.2, 0.25) is 0 Å². The van der Waals surface area contributed by atoms with Gasteiger partial charge in [-0.1, -0.05) is 30.3 Å². The fraction of sp³-hybridized carbons (Fsp3) is 0.143. The number of phenolic OH excluding ortho intramolecular Hbond substituents is 1. The lowest BCUT2D eigenvalue weighted by Crippen LogP contribution is -2.19. The van der Waals surface area contributed by atoms with Crippen molar-refractivity contribution in [3.8, 4) is 5.75 Å².